The van der Waals surface area contributed by atoms with Gasteiger partial charge in [0.15, 0.2) is 0 Å². The highest BCUT2D eigenvalue weighted by atomic mass is 32.2. The molecular weight excluding hydrogens is 327 g/mol. The Kier molecular flexibility index (Phi) is 4.01. The van der Waals surface area contributed by atoms with Gasteiger partial charge >= 0.3 is 15.6 Å². The average molecular weight is 343 g/mol. The molecule has 0 saturated carbocycles. The first-order valence-electron chi connectivity index (χ1n) is 6.72. The van der Waals surface area contributed by atoms with E-state index in [0.29, 0.717) is 19.3 Å². The second-order valence-electron chi connectivity index (χ2n) is 5.19. The molecule has 2 rings (SSSR count). The molecule has 1 heterocycles. The minimum Gasteiger partial charge on any atom is -0.492 e. The van der Waals surface area contributed by atoms with Gasteiger partial charge in [-0.1, -0.05) is 18.6 Å². The zero-order valence-corrected chi connectivity index (χ0v) is 12.7. The smallest absolute Gasteiger partial charge is 0.492 e. The van der Waals surface area contributed by atoms with Crippen molar-refractivity contribution >= 4 is 10.1 Å². The van der Waals surface area contributed by atoms with Gasteiger partial charge in [-0.15, -0.1) is 0 Å². The lowest BCUT2D eigenvalue weighted by Crippen LogP contribution is -2.33. The van der Waals surface area contributed by atoms with Crippen molar-refractivity contribution in [2.24, 2.45) is 0 Å². The molecule has 22 heavy (non-hydrogen) atoms. The van der Waals surface area contributed by atoms with Gasteiger partial charge in [0.2, 0.25) is 11.8 Å². The molecule has 0 bridgehead atoms. The number of hydrogen-bond acceptors (Lipinski definition) is 5. The van der Waals surface area contributed by atoms with Gasteiger partial charge in [0, 0.05) is 11.1 Å². The Morgan fingerprint density at radius 2 is 1.55 bits per heavy atom. The number of alkyl halides is 3. The van der Waals surface area contributed by atoms with Gasteiger partial charge in [-0.05, 0) is 31.1 Å². The van der Waals surface area contributed by atoms with E-state index in [2.05, 4.69) is 4.28 Å². The maximum Gasteiger partial charge on any atom is 0.536 e. The van der Waals surface area contributed by atoms with Gasteiger partial charge in [0.05, 0.1) is 0 Å². The Labute approximate surface area is 125 Å². The fraction of sp³-hybridized carbons (Fsp3) is 0.667. The Hall–Kier alpha value is -1.58. The van der Waals surface area contributed by atoms with Crippen LogP contribution in [0.2, 0.25) is 0 Å². The molecule has 1 aromatic heterocycles. The molecule has 0 spiro atoms. The Balaban J connectivity index is 2.54. The number of fused-ring (bicyclic) bond motifs is 1. The third-order valence-corrected chi connectivity index (χ3v) is 4.90. The van der Waals surface area contributed by atoms with Crippen molar-refractivity contribution < 1.29 is 36.1 Å². The zero-order valence-electron chi connectivity index (χ0n) is 11.9. The molecule has 2 atom stereocenters. The maximum absolute atomic E-state index is 12.4. The highest BCUT2D eigenvalue weighted by Gasteiger charge is 2.50. The highest BCUT2D eigenvalue weighted by Crippen LogP contribution is 2.53. The molecule has 2 unspecified atom stereocenters. The first kappa shape index (κ1) is 16.8. The lowest BCUT2D eigenvalue weighted by Gasteiger charge is -2.14. The first-order valence-corrected chi connectivity index (χ1v) is 8.13. The summed E-state index contributed by atoms with van der Waals surface area (Å²) < 4.78 is 63.1. The summed E-state index contributed by atoms with van der Waals surface area (Å²) in [5.41, 5.74) is -5.15. The second-order valence-corrected chi connectivity index (χ2v) is 6.71. The third-order valence-electron chi connectivity index (χ3n) is 3.98. The number of halogens is 3. The predicted molar refractivity (Wildman–Crippen MR) is 70.0 cm³/mol. The van der Waals surface area contributed by atoms with Crippen molar-refractivity contribution in [3.05, 3.63) is 11.1 Å². The fourth-order valence-corrected chi connectivity index (χ4v) is 3.32. The molecule has 10 heteroatoms. The summed E-state index contributed by atoms with van der Waals surface area (Å²) >= 11 is 0. The van der Waals surface area contributed by atoms with Gasteiger partial charge in [0.25, 0.3) is 0 Å². The molecular formula is C12H16F3NO5S. The lowest BCUT2D eigenvalue weighted by atomic mass is 9.97. The molecule has 1 aromatic rings. The summed E-state index contributed by atoms with van der Waals surface area (Å²) in [6, 6.07) is 0. The van der Waals surface area contributed by atoms with Crippen LogP contribution in [0.1, 0.15) is 56.1 Å². The molecule has 0 radical (unpaired) electrons. The summed E-state index contributed by atoms with van der Waals surface area (Å²) in [7, 11) is -5.99. The number of rotatable bonds is 4. The molecule has 1 aliphatic rings. The minimum atomic E-state index is -5.99. The number of nitrogens with zero attached hydrogens (tertiary/aromatic N) is 1. The number of hydrogen-bond donors (Lipinski definition) is 2. The molecule has 1 aliphatic carbocycles. The van der Waals surface area contributed by atoms with Crippen molar-refractivity contribution in [3.63, 3.8) is 0 Å². The van der Waals surface area contributed by atoms with Crippen LogP contribution in [0.4, 0.5) is 13.2 Å². The van der Waals surface area contributed by atoms with Crippen LogP contribution in [0.3, 0.4) is 0 Å². The molecule has 126 valence electrons. The van der Waals surface area contributed by atoms with Gasteiger partial charge in [-0.2, -0.15) is 21.6 Å². The zero-order chi connectivity index (χ0) is 16.9. The second kappa shape index (κ2) is 5.25. The van der Waals surface area contributed by atoms with Gasteiger partial charge in [-0.25, -0.2) is 0 Å². The van der Waals surface area contributed by atoms with Crippen LogP contribution in [0.15, 0.2) is 0 Å². The summed E-state index contributed by atoms with van der Waals surface area (Å²) in [5.74, 6) is -1.96. The summed E-state index contributed by atoms with van der Waals surface area (Å²) in [6.45, 7) is 3.65. The molecule has 0 fully saturated rings. The highest BCUT2D eigenvalue weighted by molar-refractivity contribution is 7.87. The largest absolute Gasteiger partial charge is 0.536 e. The molecule has 2 N–H and O–H groups in total. The molecule has 0 aromatic carbocycles. The SMILES string of the molecule is CCC1CC(CC)c2c1c(O)n(OS(=O)(=O)C(F)(F)F)c2O. The predicted octanol–water partition coefficient (Wildman–Crippen LogP) is 2.57. The normalized spacial score (nSPS) is 21.9. The van der Waals surface area contributed by atoms with Crippen LogP contribution < -0.4 is 4.28 Å². The minimum absolute atomic E-state index is 0.0576. The van der Waals surface area contributed by atoms with Crippen LogP contribution in [0.5, 0.6) is 11.8 Å². The van der Waals surface area contributed by atoms with Crippen LogP contribution in [0, 0.1) is 0 Å². The van der Waals surface area contributed by atoms with Crippen LogP contribution >= 0.6 is 0 Å². The standard InChI is InChI=1S/C12H16F3NO5S/c1-3-6-5-7(4-2)9-8(6)10(17)16(11(9)18)21-22(19,20)12(13,14)15/h6-7,17-18H,3-5H2,1-2H3. The van der Waals surface area contributed by atoms with Crippen LogP contribution in [-0.4, -0.2) is 28.9 Å². The third kappa shape index (κ3) is 2.38. The number of aromatic hydroxyl groups is 2. The van der Waals surface area contributed by atoms with E-state index < -0.39 is 27.4 Å². The quantitative estimate of drug-likeness (QED) is 0.820. The van der Waals surface area contributed by atoms with Crippen molar-refractivity contribution in [1.29, 1.82) is 0 Å². The molecule has 0 aliphatic heterocycles. The van der Waals surface area contributed by atoms with E-state index in [0.717, 1.165) is 0 Å². The molecule has 0 saturated heterocycles. The van der Waals surface area contributed by atoms with Gasteiger partial charge in [0.1, 0.15) is 0 Å². The van der Waals surface area contributed by atoms with E-state index in [1.54, 1.807) is 0 Å². The van der Waals surface area contributed by atoms with Crippen LogP contribution in [-0.2, 0) is 10.1 Å². The van der Waals surface area contributed by atoms with E-state index in [1.807, 2.05) is 13.8 Å². The Morgan fingerprint density at radius 1 is 1.14 bits per heavy atom. The van der Waals surface area contributed by atoms with Gasteiger partial charge < -0.3 is 10.2 Å². The number of aromatic nitrogens is 1. The average Bonchev–Trinajstić information content (AvgIpc) is 2.89. The van der Waals surface area contributed by atoms with E-state index in [-0.39, 0.29) is 27.7 Å². The van der Waals surface area contributed by atoms with E-state index in [4.69, 9.17) is 0 Å². The van der Waals surface area contributed by atoms with Crippen molar-refractivity contribution in [3.8, 4) is 11.8 Å². The maximum atomic E-state index is 12.4. The summed E-state index contributed by atoms with van der Waals surface area (Å²) in [6.07, 6.45) is 1.81. The first-order chi connectivity index (χ1) is 10.0. The van der Waals surface area contributed by atoms with E-state index in [1.165, 1.54) is 0 Å². The van der Waals surface area contributed by atoms with Crippen molar-refractivity contribution in [2.45, 2.75) is 50.5 Å². The fourth-order valence-electron chi connectivity index (χ4n) is 2.90. The van der Waals surface area contributed by atoms with E-state index in [9.17, 15) is 31.8 Å². The van der Waals surface area contributed by atoms with Crippen LogP contribution in [0.25, 0.3) is 0 Å². The summed E-state index contributed by atoms with van der Waals surface area (Å²) in [4.78, 5) is 0. The molecule has 6 nitrogen and oxygen atoms in total. The summed E-state index contributed by atoms with van der Waals surface area (Å²) in [5, 5.41) is 20.0. The van der Waals surface area contributed by atoms with Crippen molar-refractivity contribution in [1.82, 2.24) is 4.73 Å². The Morgan fingerprint density at radius 3 is 1.86 bits per heavy atom. The molecule has 0 amide bonds. The van der Waals surface area contributed by atoms with Crippen molar-refractivity contribution in [2.75, 3.05) is 0 Å². The lowest BCUT2D eigenvalue weighted by molar-refractivity contribution is -0.0554. The Bertz CT molecular complexity index is 646. The topological polar surface area (TPSA) is 88.8 Å². The monoisotopic (exact) mass is 343 g/mol. The van der Waals surface area contributed by atoms with Gasteiger partial charge in [-0.3, -0.25) is 4.28 Å². The van der Waals surface area contributed by atoms with E-state index >= 15 is 0 Å².